The molecule has 2 aromatic rings. The number of thiocarbonyl (C=S) groups is 1. The maximum absolute atomic E-state index is 5.73. The van der Waals surface area contributed by atoms with Crippen molar-refractivity contribution in [2.75, 3.05) is 5.32 Å². The summed E-state index contributed by atoms with van der Waals surface area (Å²) in [6.07, 6.45) is 3.70. The van der Waals surface area contributed by atoms with Crippen LogP contribution in [-0.2, 0) is 13.6 Å². The number of benzene rings is 1. The monoisotopic (exact) mass is 260 g/mol. The number of nitrogens with one attached hydrogen (secondary N) is 1. The van der Waals surface area contributed by atoms with Crippen molar-refractivity contribution in [3.63, 3.8) is 0 Å². The van der Waals surface area contributed by atoms with Gasteiger partial charge in [-0.15, -0.1) is 0 Å². The van der Waals surface area contributed by atoms with E-state index >= 15 is 0 Å². The lowest BCUT2D eigenvalue weighted by Crippen LogP contribution is -2.14. The van der Waals surface area contributed by atoms with Crippen LogP contribution in [0.4, 0.5) is 5.69 Å². The second kappa shape index (κ2) is 5.18. The second-order valence-corrected chi connectivity index (χ2v) is 4.66. The summed E-state index contributed by atoms with van der Waals surface area (Å²) in [7, 11) is 1.97. The summed E-state index contributed by atoms with van der Waals surface area (Å²) in [6, 6.07) is 6.01. The standard InChI is InChI=1S/C13H16N4S/c1-9-3-4-11(10(7-9)13(14)18)16-8-12-15-5-6-17(12)2/h3-7,16H,8H2,1-2H3,(H2,14,18). The SMILES string of the molecule is Cc1ccc(NCc2nccn2C)c(C(N)=S)c1. The van der Waals surface area contributed by atoms with E-state index in [4.69, 9.17) is 18.0 Å². The first kappa shape index (κ1) is 12.6. The predicted molar refractivity (Wildman–Crippen MR) is 77.6 cm³/mol. The minimum Gasteiger partial charge on any atom is -0.389 e. The van der Waals surface area contributed by atoms with Crippen molar-refractivity contribution in [3.8, 4) is 0 Å². The minimum absolute atomic E-state index is 0.404. The Bertz CT molecular complexity index is 574. The van der Waals surface area contributed by atoms with Crippen LogP contribution in [0.3, 0.4) is 0 Å². The molecule has 0 aliphatic rings. The molecule has 3 N–H and O–H groups in total. The third-order valence-electron chi connectivity index (χ3n) is 2.80. The molecule has 4 nitrogen and oxygen atoms in total. The lowest BCUT2D eigenvalue weighted by atomic mass is 10.1. The van der Waals surface area contributed by atoms with E-state index in [0.717, 1.165) is 22.6 Å². The fourth-order valence-electron chi connectivity index (χ4n) is 1.76. The summed E-state index contributed by atoms with van der Waals surface area (Å²) in [4.78, 5) is 4.66. The summed E-state index contributed by atoms with van der Waals surface area (Å²) in [5.41, 5.74) is 8.69. The van der Waals surface area contributed by atoms with E-state index in [1.807, 2.05) is 42.9 Å². The molecular formula is C13H16N4S. The van der Waals surface area contributed by atoms with Crippen molar-refractivity contribution >= 4 is 22.9 Å². The van der Waals surface area contributed by atoms with Crippen molar-refractivity contribution in [2.24, 2.45) is 12.8 Å². The van der Waals surface area contributed by atoms with Crippen LogP contribution in [0.2, 0.25) is 0 Å². The van der Waals surface area contributed by atoms with Crippen LogP contribution < -0.4 is 11.1 Å². The summed E-state index contributed by atoms with van der Waals surface area (Å²) < 4.78 is 1.97. The highest BCUT2D eigenvalue weighted by Gasteiger charge is 2.06. The molecule has 0 unspecified atom stereocenters. The van der Waals surface area contributed by atoms with Gasteiger partial charge in [-0.1, -0.05) is 23.8 Å². The Morgan fingerprint density at radius 2 is 2.28 bits per heavy atom. The number of hydrogen-bond donors (Lipinski definition) is 2. The first-order valence-corrected chi connectivity index (χ1v) is 6.09. The van der Waals surface area contributed by atoms with E-state index in [-0.39, 0.29) is 0 Å². The van der Waals surface area contributed by atoms with Gasteiger partial charge in [-0.05, 0) is 19.1 Å². The second-order valence-electron chi connectivity index (χ2n) is 4.22. The average molecular weight is 260 g/mol. The molecular weight excluding hydrogens is 244 g/mol. The zero-order chi connectivity index (χ0) is 13.1. The molecule has 1 aromatic carbocycles. The van der Waals surface area contributed by atoms with E-state index in [9.17, 15) is 0 Å². The van der Waals surface area contributed by atoms with Gasteiger partial charge in [0, 0.05) is 30.7 Å². The molecule has 0 atom stereocenters. The molecule has 94 valence electrons. The van der Waals surface area contributed by atoms with Gasteiger partial charge in [0.2, 0.25) is 0 Å². The number of aromatic nitrogens is 2. The van der Waals surface area contributed by atoms with Crippen molar-refractivity contribution in [1.29, 1.82) is 0 Å². The maximum atomic E-state index is 5.73. The average Bonchev–Trinajstić information content (AvgIpc) is 2.73. The zero-order valence-corrected chi connectivity index (χ0v) is 11.3. The maximum Gasteiger partial charge on any atom is 0.127 e. The molecule has 0 bridgehead atoms. The molecule has 2 rings (SSSR count). The van der Waals surface area contributed by atoms with E-state index in [1.165, 1.54) is 0 Å². The smallest absolute Gasteiger partial charge is 0.127 e. The van der Waals surface area contributed by atoms with E-state index in [0.29, 0.717) is 11.5 Å². The predicted octanol–water partition coefficient (Wildman–Crippen LogP) is 1.97. The molecule has 0 fully saturated rings. The first-order valence-electron chi connectivity index (χ1n) is 5.68. The summed E-state index contributed by atoms with van der Waals surface area (Å²) in [5, 5.41) is 3.31. The molecule has 0 amide bonds. The van der Waals surface area contributed by atoms with Crippen LogP contribution in [-0.4, -0.2) is 14.5 Å². The largest absolute Gasteiger partial charge is 0.389 e. The summed E-state index contributed by atoms with van der Waals surface area (Å²) >= 11 is 5.07. The Morgan fingerprint density at radius 1 is 1.50 bits per heavy atom. The summed E-state index contributed by atoms with van der Waals surface area (Å²) in [6.45, 7) is 2.66. The van der Waals surface area contributed by atoms with E-state index in [2.05, 4.69) is 10.3 Å². The van der Waals surface area contributed by atoms with Gasteiger partial charge in [0.05, 0.1) is 6.54 Å². The highest BCUT2D eigenvalue weighted by Crippen LogP contribution is 2.18. The van der Waals surface area contributed by atoms with Crippen molar-refractivity contribution in [3.05, 3.63) is 47.5 Å². The quantitative estimate of drug-likeness (QED) is 0.825. The van der Waals surface area contributed by atoms with Crippen LogP contribution in [0.1, 0.15) is 17.0 Å². The fraction of sp³-hybridized carbons (Fsp3) is 0.231. The Morgan fingerprint density at radius 3 is 2.89 bits per heavy atom. The molecule has 0 saturated carbocycles. The van der Waals surface area contributed by atoms with Gasteiger partial charge in [0.15, 0.2) is 0 Å². The molecule has 1 aromatic heterocycles. The van der Waals surface area contributed by atoms with Gasteiger partial charge < -0.3 is 15.6 Å². The van der Waals surface area contributed by atoms with E-state index in [1.54, 1.807) is 6.20 Å². The third kappa shape index (κ3) is 2.68. The molecule has 0 saturated heterocycles. The Labute approximate surface area is 112 Å². The van der Waals surface area contributed by atoms with Crippen LogP contribution in [0.25, 0.3) is 0 Å². The molecule has 0 radical (unpaired) electrons. The number of hydrogen-bond acceptors (Lipinski definition) is 3. The third-order valence-corrected chi connectivity index (χ3v) is 3.02. The van der Waals surface area contributed by atoms with Crippen LogP contribution in [0.15, 0.2) is 30.6 Å². The number of nitrogens with two attached hydrogens (primary N) is 1. The first-order chi connectivity index (χ1) is 8.58. The summed E-state index contributed by atoms with van der Waals surface area (Å²) in [5.74, 6) is 0.962. The van der Waals surface area contributed by atoms with E-state index < -0.39 is 0 Å². The number of aryl methyl sites for hydroxylation is 2. The minimum atomic E-state index is 0.404. The number of rotatable bonds is 4. The van der Waals surface area contributed by atoms with Crippen molar-refractivity contribution < 1.29 is 0 Å². The molecule has 0 aliphatic carbocycles. The molecule has 5 heteroatoms. The van der Waals surface area contributed by atoms with Crippen LogP contribution >= 0.6 is 12.2 Å². The van der Waals surface area contributed by atoms with Crippen molar-refractivity contribution in [2.45, 2.75) is 13.5 Å². The lowest BCUT2D eigenvalue weighted by molar-refractivity contribution is 0.813. The number of imidazole rings is 1. The fourth-order valence-corrected chi connectivity index (χ4v) is 1.93. The Balaban J connectivity index is 2.19. The van der Waals surface area contributed by atoms with Crippen molar-refractivity contribution in [1.82, 2.24) is 9.55 Å². The normalized spacial score (nSPS) is 10.3. The van der Waals surface area contributed by atoms with Gasteiger partial charge in [-0.2, -0.15) is 0 Å². The highest BCUT2D eigenvalue weighted by atomic mass is 32.1. The van der Waals surface area contributed by atoms with Gasteiger partial charge in [-0.3, -0.25) is 0 Å². The Kier molecular flexibility index (Phi) is 3.62. The number of nitrogens with zero attached hydrogens (tertiary/aromatic N) is 2. The zero-order valence-electron chi connectivity index (χ0n) is 10.5. The van der Waals surface area contributed by atoms with Crippen LogP contribution in [0.5, 0.6) is 0 Å². The van der Waals surface area contributed by atoms with Gasteiger partial charge in [0.1, 0.15) is 10.8 Å². The van der Waals surface area contributed by atoms with Gasteiger partial charge in [0.25, 0.3) is 0 Å². The molecule has 18 heavy (non-hydrogen) atoms. The molecule has 0 spiro atoms. The van der Waals surface area contributed by atoms with Gasteiger partial charge in [-0.25, -0.2) is 4.98 Å². The Hall–Kier alpha value is -1.88. The van der Waals surface area contributed by atoms with Crippen LogP contribution in [0, 0.1) is 6.92 Å². The number of anilines is 1. The highest BCUT2D eigenvalue weighted by molar-refractivity contribution is 7.80. The molecule has 1 heterocycles. The molecule has 0 aliphatic heterocycles. The van der Waals surface area contributed by atoms with Gasteiger partial charge >= 0.3 is 0 Å². The lowest BCUT2D eigenvalue weighted by Gasteiger charge is -2.12. The topological polar surface area (TPSA) is 55.9 Å².